The van der Waals surface area contributed by atoms with Gasteiger partial charge >= 0.3 is 0 Å². The van der Waals surface area contributed by atoms with Gasteiger partial charge in [-0.05, 0) is 12.5 Å². The summed E-state index contributed by atoms with van der Waals surface area (Å²) in [5, 5.41) is 0. The van der Waals surface area contributed by atoms with E-state index in [4.69, 9.17) is 4.74 Å². The van der Waals surface area contributed by atoms with Crippen molar-refractivity contribution in [2.24, 2.45) is 0 Å². The fourth-order valence-electron chi connectivity index (χ4n) is 1.07. The van der Waals surface area contributed by atoms with Crippen LogP contribution in [0, 0.1) is 0 Å². The van der Waals surface area contributed by atoms with Crippen molar-refractivity contribution < 1.29 is 4.74 Å². The second-order valence-electron chi connectivity index (χ2n) is 2.54. The molecular formula is C9H14O. The second kappa shape index (κ2) is 4.15. The second-order valence-corrected chi connectivity index (χ2v) is 2.54. The summed E-state index contributed by atoms with van der Waals surface area (Å²) in [7, 11) is 0. The predicted molar refractivity (Wildman–Crippen MR) is 42.7 cm³/mol. The van der Waals surface area contributed by atoms with Gasteiger partial charge in [0, 0.05) is 6.42 Å². The van der Waals surface area contributed by atoms with Crippen LogP contribution in [0.15, 0.2) is 24.5 Å². The topological polar surface area (TPSA) is 9.23 Å². The van der Waals surface area contributed by atoms with E-state index in [1.54, 1.807) is 6.26 Å². The Kier molecular flexibility index (Phi) is 3.07. The Balaban J connectivity index is 2.32. The zero-order chi connectivity index (χ0) is 7.23. The third kappa shape index (κ3) is 2.26. The molecule has 10 heavy (non-hydrogen) atoms. The van der Waals surface area contributed by atoms with E-state index in [2.05, 4.69) is 13.0 Å². The van der Waals surface area contributed by atoms with Crippen molar-refractivity contribution in [3.05, 3.63) is 24.5 Å². The minimum absolute atomic E-state index is 0.417. The lowest BCUT2D eigenvalue weighted by Gasteiger charge is -2.11. The average molecular weight is 138 g/mol. The van der Waals surface area contributed by atoms with Crippen LogP contribution in [0.2, 0.25) is 0 Å². The molecular weight excluding hydrogens is 124 g/mol. The van der Waals surface area contributed by atoms with Gasteiger partial charge in [-0.25, -0.2) is 0 Å². The number of hydrogen-bond donors (Lipinski definition) is 0. The molecule has 1 atom stereocenters. The molecule has 1 nitrogen and oxygen atoms in total. The van der Waals surface area contributed by atoms with Crippen LogP contribution in [0.25, 0.3) is 0 Å². The molecule has 1 aliphatic heterocycles. The molecule has 1 unspecified atom stereocenters. The van der Waals surface area contributed by atoms with Crippen LogP contribution in [0.4, 0.5) is 0 Å². The van der Waals surface area contributed by atoms with Crippen molar-refractivity contribution in [3.63, 3.8) is 0 Å². The van der Waals surface area contributed by atoms with E-state index in [0.717, 1.165) is 12.8 Å². The minimum atomic E-state index is 0.417. The van der Waals surface area contributed by atoms with E-state index in [9.17, 15) is 0 Å². The van der Waals surface area contributed by atoms with Crippen molar-refractivity contribution >= 4 is 0 Å². The van der Waals surface area contributed by atoms with Gasteiger partial charge in [-0.3, -0.25) is 0 Å². The molecule has 0 radical (unpaired) electrons. The van der Waals surface area contributed by atoms with E-state index in [0.29, 0.717) is 6.10 Å². The lowest BCUT2D eigenvalue weighted by molar-refractivity contribution is 0.139. The van der Waals surface area contributed by atoms with Gasteiger partial charge in [-0.1, -0.05) is 25.5 Å². The first kappa shape index (κ1) is 7.39. The minimum Gasteiger partial charge on any atom is -0.498 e. The third-order valence-corrected chi connectivity index (χ3v) is 1.61. The SMILES string of the molecule is CCCC1CC=CC=CO1. The van der Waals surface area contributed by atoms with Gasteiger partial charge in [0.25, 0.3) is 0 Å². The lowest BCUT2D eigenvalue weighted by Crippen LogP contribution is -2.06. The average Bonchev–Trinajstić information content (AvgIpc) is 2.17. The van der Waals surface area contributed by atoms with Crippen molar-refractivity contribution in [2.45, 2.75) is 32.3 Å². The summed E-state index contributed by atoms with van der Waals surface area (Å²) in [6, 6.07) is 0. The standard InChI is InChI=1S/C9H14O/c1-2-6-9-7-4-3-5-8-10-9/h3-5,8-9H,2,6-7H2,1H3. The highest BCUT2D eigenvalue weighted by atomic mass is 16.5. The first-order valence-electron chi connectivity index (χ1n) is 3.90. The summed E-state index contributed by atoms with van der Waals surface area (Å²) in [6.45, 7) is 2.18. The molecule has 0 amide bonds. The molecule has 1 heteroatoms. The van der Waals surface area contributed by atoms with Gasteiger partial charge in [-0.15, -0.1) is 0 Å². The van der Waals surface area contributed by atoms with Gasteiger partial charge in [0.2, 0.25) is 0 Å². The van der Waals surface area contributed by atoms with E-state index in [1.165, 1.54) is 6.42 Å². The highest BCUT2D eigenvalue weighted by molar-refractivity contribution is 5.02. The van der Waals surface area contributed by atoms with Crippen LogP contribution in [0.1, 0.15) is 26.2 Å². The monoisotopic (exact) mass is 138 g/mol. The van der Waals surface area contributed by atoms with Gasteiger partial charge in [0.15, 0.2) is 0 Å². The Morgan fingerprint density at radius 3 is 3.20 bits per heavy atom. The lowest BCUT2D eigenvalue weighted by atomic mass is 10.1. The van der Waals surface area contributed by atoms with Gasteiger partial charge in [0.05, 0.1) is 6.26 Å². The van der Waals surface area contributed by atoms with Gasteiger partial charge < -0.3 is 4.74 Å². The van der Waals surface area contributed by atoms with Crippen molar-refractivity contribution in [2.75, 3.05) is 0 Å². The number of ether oxygens (including phenoxy) is 1. The number of hydrogen-bond acceptors (Lipinski definition) is 1. The van der Waals surface area contributed by atoms with E-state index >= 15 is 0 Å². The normalized spacial score (nSPS) is 23.9. The molecule has 0 aromatic carbocycles. The molecule has 1 heterocycles. The summed E-state index contributed by atoms with van der Waals surface area (Å²) >= 11 is 0. The summed E-state index contributed by atoms with van der Waals surface area (Å²) in [5.74, 6) is 0. The van der Waals surface area contributed by atoms with Crippen LogP contribution >= 0.6 is 0 Å². The largest absolute Gasteiger partial charge is 0.498 e. The molecule has 0 aromatic heterocycles. The Labute approximate surface area is 62.4 Å². The van der Waals surface area contributed by atoms with Crippen molar-refractivity contribution in [1.82, 2.24) is 0 Å². The Morgan fingerprint density at radius 1 is 1.50 bits per heavy atom. The third-order valence-electron chi connectivity index (χ3n) is 1.61. The van der Waals surface area contributed by atoms with Gasteiger partial charge in [-0.2, -0.15) is 0 Å². The molecule has 0 saturated carbocycles. The van der Waals surface area contributed by atoms with Crippen LogP contribution in [-0.2, 0) is 4.74 Å². The zero-order valence-corrected chi connectivity index (χ0v) is 6.42. The maximum absolute atomic E-state index is 5.40. The highest BCUT2D eigenvalue weighted by Gasteiger charge is 2.04. The Bertz CT molecular complexity index is 122. The molecule has 1 aliphatic rings. The van der Waals surface area contributed by atoms with E-state index in [-0.39, 0.29) is 0 Å². The van der Waals surface area contributed by atoms with Crippen LogP contribution in [-0.4, -0.2) is 6.10 Å². The molecule has 56 valence electrons. The summed E-state index contributed by atoms with van der Waals surface area (Å²) in [5.41, 5.74) is 0. The maximum Gasteiger partial charge on any atom is 0.101 e. The maximum atomic E-state index is 5.40. The van der Waals surface area contributed by atoms with E-state index in [1.807, 2.05) is 12.2 Å². The predicted octanol–water partition coefficient (Wildman–Crippen LogP) is 2.65. The molecule has 0 spiro atoms. The molecule has 0 bridgehead atoms. The Morgan fingerprint density at radius 2 is 2.40 bits per heavy atom. The molecule has 0 saturated heterocycles. The van der Waals surface area contributed by atoms with Crippen molar-refractivity contribution in [3.8, 4) is 0 Å². The van der Waals surface area contributed by atoms with E-state index < -0.39 is 0 Å². The van der Waals surface area contributed by atoms with Gasteiger partial charge in [0.1, 0.15) is 6.10 Å². The highest BCUT2D eigenvalue weighted by Crippen LogP contribution is 2.10. The van der Waals surface area contributed by atoms with Crippen LogP contribution in [0.3, 0.4) is 0 Å². The molecule has 0 fully saturated rings. The fraction of sp³-hybridized carbons (Fsp3) is 0.556. The van der Waals surface area contributed by atoms with Crippen molar-refractivity contribution in [1.29, 1.82) is 0 Å². The summed E-state index contributed by atoms with van der Waals surface area (Å²) < 4.78 is 5.40. The molecule has 1 rings (SSSR count). The molecule has 0 aromatic rings. The molecule has 0 aliphatic carbocycles. The number of allylic oxidation sites excluding steroid dienone is 2. The summed E-state index contributed by atoms with van der Waals surface area (Å²) in [6.07, 6.45) is 11.8. The number of rotatable bonds is 2. The molecule has 0 N–H and O–H groups in total. The fourth-order valence-corrected chi connectivity index (χ4v) is 1.07. The first-order chi connectivity index (χ1) is 4.93. The zero-order valence-electron chi connectivity index (χ0n) is 6.42. The Hall–Kier alpha value is -0.720. The first-order valence-corrected chi connectivity index (χ1v) is 3.90. The smallest absolute Gasteiger partial charge is 0.101 e. The quantitative estimate of drug-likeness (QED) is 0.570. The van der Waals surface area contributed by atoms with Crippen LogP contribution < -0.4 is 0 Å². The summed E-state index contributed by atoms with van der Waals surface area (Å²) in [4.78, 5) is 0. The van der Waals surface area contributed by atoms with Crippen LogP contribution in [0.5, 0.6) is 0 Å².